The summed E-state index contributed by atoms with van der Waals surface area (Å²) in [6.45, 7) is -0.0942. The maximum absolute atomic E-state index is 12.5. The minimum Gasteiger partial charge on any atom is -0.347 e. The number of nitrogens with zero attached hydrogens (tertiary/aromatic N) is 2. The van der Waals surface area contributed by atoms with Crippen molar-refractivity contribution in [2.75, 3.05) is 0 Å². The van der Waals surface area contributed by atoms with Crippen LogP contribution in [0.5, 0.6) is 0 Å². The van der Waals surface area contributed by atoms with Gasteiger partial charge in [0.1, 0.15) is 6.54 Å². The fraction of sp³-hybridized carbons (Fsp3) is 0.421. The fourth-order valence-corrected chi connectivity index (χ4v) is 3.53. The molecule has 1 heterocycles. The van der Waals surface area contributed by atoms with Gasteiger partial charge in [0.15, 0.2) is 0 Å². The number of hydrogen-bond donors (Lipinski definition) is 1. The summed E-state index contributed by atoms with van der Waals surface area (Å²) < 4.78 is 2.26. The average Bonchev–Trinajstić information content (AvgIpc) is 3.15. The Labute approximate surface area is 146 Å². The first-order chi connectivity index (χ1) is 12.1. The van der Waals surface area contributed by atoms with Crippen molar-refractivity contribution in [1.29, 1.82) is 0 Å². The standard InChI is InChI=1S/C19H23N3O3/c1-21-17(24)11-12-22(19(21)25)13-16(23)20-18(15-9-5-6-10-15)14-7-3-2-4-8-14/h2-4,7-8,11-12,15,18H,5-6,9-10,13H2,1H3,(H,20,23). The van der Waals surface area contributed by atoms with Crippen LogP contribution >= 0.6 is 0 Å². The molecule has 6 heteroatoms. The van der Waals surface area contributed by atoms with Crippen LogP contribution < -0.4 is 16.6 Å². The molecule has 25 heavy (non-hydrogen) atoms. The summed E-state index contributed by atoms with van der Waals surface area (Å²) >= 11 is 0. The zero-order valence-corrected chi connectivity index (χ0v) is 14.4. The molecule has 0 radical (unpaired) electrons. The minimum atomic E-state index is -0.486. The van der Waals surface area contributed by atoms with E-state index in [0.717, 1.165) is 23.0 Å². The molecule has 1 unspecified atom stereocenters. The lowest BCUT2D eigenvalue weighted by atomic mass is 9.91. The van der Waals surface area contributed by atoms with Gasteiger partial charge < -0.3 is 5.32 Å². The summed E-state index contributed by atoms with van der Waals surface area (Å²) in [5.41, 5.74) is 0.227. The highest BCUT2D eigenvalue weighted by atomic mass is 16.2. The Bertz CT molecular complexity index is 848. The highest BCUT2D eigenvalue weighted by Crippen LogP contribution is 2.35. The molecule has 1 aliphatic carbocycles. The molecular formula is C19H23N3O3. The van der Waals surface area contributed by atoms with Crippen LogP contribution in [-0.2, 0) is 18.4 Å². The smallest absolute Gasteiger partial charge is 0.331 e. The first-order valence-electron chi connectivity index (χ1n) is 8.67. The van der Waals surface area contributed by atoms with Gasteiger partial charge in [-0.15, -0.1) is 0 Å². The van der Waals surface area contributed by atoms with Gasteiger partial charge in [0, 0.05) is 19.3 Å². The first-order valence-corrected chi connectivity index (χ1v) is 8.67. The van der Waals surface area contributed by atoms with Crippen LogP contribution in [0.4, 0.5) is 0 Å². The van der Waals surface area contributed by atoms with E-state index in [2.05, 4.69) is 5.32 Å². The van der Waals surface area contributed by atoms with E-state index in [1.54, 1.807) is 0 Å². The van der Waals surface area contributed by atoms with E-state index in [4.69, 9.17) is 0 Å². The predicted molar refractivity (Wildman–Crippen MR) is 95.2 cm³/mol. The second-order valence-electron chi connectivity index (χ2n) is 6.62. The lowest BCUT2D eigenvalue weighted by Crippen LogP contribution is -2.41. The zero-order chi connectivity index (χ0) is 17.8. The van der Waals surface area contributed by atoms with E-state index >= 15 is 0 Å². The minimum absolute atomic E-state index is 0.0422. The Morgan fingerprint density at radius 3 is 2.52 bits per heavy atom. The van der Waals surface area contributed by atoms with Crippen LogP contribution in [-0.4, -0.2) is 15.0 Å². The third-order valence-corrected chi connectivity index (χ3v) is 4.92. The van der Waals surface area contributed by atoms with Crippen LogP contribution in [0.15, 0.2) is 52.2 Å². The zero-order valence-electron chi connectivity index (χ0n) is 14.4. The van der Waals surface area contributed by atoms with E-state index in [1.165, 1.54) is 36.7 Å². The van der Waals surface area contributed by atoms with Gasteiger partial charge in [-0.05, 0) is 24.3 Å². The lowest BCUT2D eigenvalue weighted by molar-refractivity contribution is -0.122. The Morgan fingerprint density at radius 2 is 1.84 bits per heavy atom. The number of carbonyl (C=O) groups is 1. The number of hydrogen-bond acceptors (Lipinski definition) is 3. The lowest BCUT2D eigenvalue weighted by Gasteiger charge is -2.25. The predicted octanol–water partition coefficient (Wildman–Crippen LogP) is 1.59. The number of aromatic nitrogens is 2. The summed E-state index contributed by atoms with van der Waals surface area (Å²) in [5.74, 6) is 0.199. The number of carbonyl (C=O) groups excluding carboxylic acids is 1. The van der Waals surface area contributed by atoms with Crippen molar-refractivity contribution in [1.82, 2.24) is 14.5 Å². The summed E-state index contributed by atoms with van der Waals surface area (Å²) in [6, 6.07) is 11.2. The van der Waals surface area contributed by atoms with Crippen molar-refractivity contribution >= 4 is 5.91 Å². The topological polar surface area (TPSA) is 73.1 Å². The van der Waals surface area contributed by atoms with E-state index in [0.29, 0.717) is 5.92 Å². The van der Waals surface area contributed by atoms with Gasteiger partial charge in [0.25, 0.3) is 5.56 Å². The van der Waals surface area contributed by atoms with Crippen LogP contribution in [0.25, 0.3) is 0 Å². The van der Waals surface area contributed by atoms with E-state index in [1.807, 2.05) is 30.3 Å². The van der Waals surface area contributed by atoms with Crippen molar-refractivity contribution in [3.05, 3.63) is 69.0 Å². The third kappa shape index (κ3) is 3.90. The third-order valence-electron chi connectivity index (χ3n) is 4.92. The maximum atomic E-state index is 12.5. The number of rotatable bonds is 5. The molecule has 1 atom stereocenters. The summed E-state index contributed by atoms with van der Waals surface area (Å²) in [4.78, 5) is 36.1. The van der Waals surface area contributed by atoms with Crippen molar-refractivity contribution in [2.45, 2.75) is 38.3 Å². The highest BCUT2D eigenvalue weighted by molar-refractivity contribution is 5.76. The van der Waals surface area contributed by atoms with Crippen molar-refractivity contribution in [3.63, 3.8) is 0 Å². The quantitative estimate of drug-likeness (QED) is 0.898. The normalized spacial score (nSPS) is 15.9. The molecule has 0 saturated heterocycles. The van der Waals surface area contributed by atoms with Crippen molar-refractivity contribution in [2.24, 2.45) is 13.0 Å². The largest absolute Gasteiger partial charge is 0.347 e. The fourth-order valence-electron chi connectivity index (χ4n) is 3.53. The van der Waals surface area contributed by atoms with Gasteiger partial charge in [-0.2, -0.15) is 0 Å². The molecule has 0 spiro atoms. The Hall–Kier alpha value is -2.63. The molecule has 0 aliphatic heterocycles. The van der Waals surface area contributed by atoms with Crippen LogP contribution in [0.1, 0.15) is 37.3 Å². The molecule has 1 fully saturated rings. The van der Waals surface area contributed by atoms with Gasteiger partial charge in [0.2, 0.25) is 5.91 Å². The number of nitrogens with one attached hydrogen (secondary N) is 1. The monoisotopic (exact) mass is 341 g/mol. The number of amides is 1. The molecule has 132 valence electrons. The molecule has 2 aromatic rings. The van der Waals surface area contributed by atoms with Crippen molar-refractivity contribution < 1.29 is 4.79 Å². The molecular weight excluding hydrogens is 318 g/mol. The molecule has 6 nitrogen and oxygen atoms in total. The second-order valence-corrected chi connectivity index (χ2v) is 6.62. The van der Waals surface area contributed by atoms with Gasteiger partial charge >= 0.3 is 5.69 Å². The van der Waals surface area contributed by atoms with Gasteiger partial charge in [-0.1, -0.05) is 43.2 Å². The van der Waals surface area contributed by atoms with Gasteiger partial charge in [0.05, 0.1) is 6.04 Å². The number of benzene rings is 1. The van der Waals surface area contributed by atoms with E-state index in [-0.39, 0.29) is 24.1 Å². The van der Waals surface area contributed by atoms with Gasteiger partial charge in [-0.25, -0.2) is 4.79 Å². The molecule has 1 N–H and O–H groups in total. The molecule has 1 aliphatic rings. The summed E-state index contributed by atoms with van der Waals surface area (Å²) in [7, 11) is 1.41. The van der Waals surface area contributed by atoms with Crippen molar-refractivity contribution in [3.8, 4) is 0 Å². The molecule has 1 aromatic heterocycles. The molecule has 1 amide bonds. The SMILES string of the molecule is Cn1c(=O)ccn(CC(=O)NC(c2ccccc2)C2CCCC2)c1=O. The Kier molecular flexibility index (Phi) is 5.16. The summed E-state index contributed by atoms with van der Waals surface area (Å²) in [5, 5.41) is 3.10. The van der Waals surface area contributed by atoms with Crippen LogP contribution in [0.2, 0.25) is 0 Å². The van der Waals surface area contributed by atoms with E-state index in [9.17, 15) is 14.4 Å². The Balaban J connectivity index is 1.78. The molecule has 1 aromatic carbocycles. The summed E-state index contributed by atoms with van der Waals surface area (Å²) in [6.07, 6.45) is 5.94. The molecule has 3 rings (SSSR count). The Morgan fingerprint density at radius 1 is 1.16 bits per heavy atom. The maximum Gasteiger partial charge on any atom is 0.331 e. The van der Waals surface area contributed by atoms with E-state index < -0.39 is 5.69 Å². The molecule has 0 bridgehead atoms. The highest BCUT2D eigenvalue weighted by Gasteiger charge is 2.27. The first kappa shape index (κ1) is 17.2. The van der Waals surface area contributed by atoms with Crippen LogP contribution in [0.3, 0.4) is 0 Å². The average molecular weight is 341 g/mol. The second kappa shape index (κ2) is 7.51. The molecule has 1 saturated carbocycles. The van der Waals surface area contributed by atoms with Crippen LogP contribution in [0, 0.1) is 5.92 Å². The van der Waals surface area contributed by atoms with Gasteiger partial charge in [-0.3, -0.25) is 18.7 Å².